The summed E-state index contributed by atoms with van der Waals surface area (Å²) < 4.78 is 8.32. The number of hydrogen-bond donors (Lipinski definition) is 0. The Balaban J connectivity index is 1.03. The number of benzene rings is 7. The normalized spacial score (nSPS) is 11.8. The number of nitrogens with zero attached hydrogens (tertiary/aromatic N) is 4. The first-order valence-corrected chi connectivity index (χ1v) is 17.4. The lowest BCUT2D eigenvalue weighted by atomic mass is 9.95. The first-order valence-electron chi connectivity index (χ1n) is 17.4. The molecule has 0 radical (unpaired) electrons. The Hall–Kier alpha value is -7.11. The Morgan fingerprint density at radius 2 is 1.06 bits per heavy atom. The Labute approximate surface area is 298 Å². The van der Waals surface area contributed by atoms with Crippen LogP contribution in [0.5, 0.6) is 0 Å². The summed E-state index contributed by atoms with van der Waals surface area (Å²) in [7, 11) is 0. The van der Waals surface area contributed by atoms with Gasteiger partial charge in [-0.1, -0.05) is 127 Å². The highest BCUT2D eigenvalue weighted by Crippen LogP contribution is 2.39. The molecule has 0 aliphatic heterocycles. The van der Waals surface area contributed by atoms with E-state index in [4.69, 9.17) is 19.5 Å². The molecule has 0 unspecified atom stereocenters. The molecule has 4 heterocycles. The highest BCUT2D eigenvalue weighted by molar-refractivity contribution is 6.18. The summed E-state index contributed by atoms with van der Waals surface area (Å²) in [6, 6.07) is 59.1. The molecule has 7 aromatic carbocycles. The number of rotatable bonds is 4. The lowest BCUT2D eigenvalue weighted by Gasteiger charge is -2.12. The predicted molar refractivity (Wildman–Crippen MR) is 212 cm³/mol. The van der Waals surface area contributed by atoms with Crippen molar-refractivity contribution < 1.29 is 4.42 Å². The van der Waals surface area contributed by atoms with Crippen molar-refractivity contribution in [2.75, 3.05) is 0 Å². The molecule has 0 spiro atoms. The summed E-state index contributed by atoms with van der Waals surface area (Å²) in [4.78, 5) is 10.4. The van der Waals surface area contributed by atoms with Crippen LogP contribution in [0.1, 0.15) is 0 Å². The van der Waals surface area contributed by atoms with Crippen LogP contribution in [0.25, 0.3) is 105 Å². The van der Waals surface area contributed by atoms with Crippen LogP contribution in [-0.4, -0.2) is 19.6 Å². The molecule has 0 atom stereocenters. The third kappa shape index (κ3) is 4.46. The van der Waals surface area contributed by atoms with Crippen molar-refractivity contribution in [1.29, 1.82) is 0 Å². The van der Waals surface area contributed by atoms with Crippen LogP contribution < -0.4 is 0 Å². The van der Waals surface area contributed by atoms with Gasteiger partial charge in [0.15, 0.2) is 5.82 Å². The molecule has 4 aromatic heterocycles. The largest absolute Gasteiger partial charge is 0.456 e. The monoisotopic (exact) mass is 664 g/mol. The number of pyridine rings is 1. The quantitative estimate of drug-likeness (QED) is 0.176. The van der Waals surface area contributed by atoms with E-state index in [9.17, 15) is 0 Å². The number of aromatic nitrogens is 4. The van der Waals surface area contributed by atoms with Gasteiger partial charge in [0.2, 0.25) is 0 Å². The first kappa shape index (κ1) is 28.7. The van der Waals surface area contributed by atoms with Crippen molar-refractivity contribution in [2.45, 2.75) is 0 Å². The molecule has 0 aliphatic rings. The summed E-state index contributed by atoms with van der Waals surface area (Å²) in [5.74, 6) is 0.805. The van der Waals surface area contributed by atoms with Gasteiger partial charge < -0.3 is 4.42 Å². The average Bonchev–Trinajstić information content (AvgIpc) is 3.83. The SMILES string of the molecule is c1ccc(-c2cc3c4ccccc4nc(-c4ccc(-c5cccc(-c6nc7ccccc7c7cc8c(cc67)oc6ccccc68)c5)cc4)n3n2)cc1. The molecule has 0 N–H and O–H groups in total. The zero-order valence-corrected chi connectivity index (χ0v) is 27.9. The minimum absolute atomic E-state index is 0.805. The molecule has 5 nitrogen and oxygen atoms in total. The highest BCUT2D eigenvalue weighted by atomic mass is 16.3. The fourth-order valence-electron chi connectivity index (χ4n) is 7.67. The van der Waals surface area contributed by atoms with Gasteiger partial charge >= 0.3 is 0 Å². The molecule has 242 valence electrons. The third-order valence-corrected chi connectivity index (χ3v) is 10.2. The van der Waals surface area contributed by atoms with E-state index < -0.39 is 0 Å². The highest BCUT2D eigenvalue weighted by Gasteiger charge is 2.17. The summed E-state index contributed by atoms with van der Waals surface area (Å²) in [6.45, 7) is 0. The minimum Gasteiger partial charge on any atom is -0.456 e. The van der Waals surface area contributed by atoms with Gasteiger partial charge in [0.05, 0.1) is 27.9 Å². The molecule has 0 saturated carbocycles. The standard InChI is InChI=1S/C47H28N4O/c1-2-11-30(12-3-1)42-28-43-36-17-5-8-19-41(36)49-47(51(43)50-42)31-23-21-29(22-24-31)32-13-10-14-33(25-32)46-39-27-45-38(35-16-6-9-20-44(35)52-45)26-37(39)34-15-4-7-18-40(34)48-46/h1-28H. The zero-order valence-electron chi connectivity index (χ0n) is 27.9. The van der Waals surface area contributed by atoms with Crippen LogP contribution in [0.2, 0.25) is 0 Å². The molecular formula is C47H28N4O. The fourth-order valence-corrected chi connectivity index (χ4v) is 7.67. The lowest BCUT2D eigenvalue weighted by Crippen LogP contribution is -1.99. The minimum atomic E-state index is 0.805. The maximum atomic E-state index is 6.34. The van der Waals surface area contributed by atoms with Crippen LogP contribution in [0.4, 0.5) is 0 Å². The van der Waals surface area contributed by atoms with Crippen LogP contribution >= 0.6 is 0 Å². The van der Waals surface area contributed by atoms with Crippen molar-refractivity contribution in [2.24, 2.45) is 0 Å². The topological polar surface area (TPSA) is 56.2 Å². The van der Waals surface area contributed by atoms with Crippen molar-refractivity contribution in [1.82, 2.24) is 19.6 Å². The molecule has 11 aromatic rings. The van der Waals surface area contributed by atoms with Gasteiger partial charge in [-0.25, -0.2) is 14.5 Å². The van der Waals surface area contributed by atoms with E-state index in [0.717, 1.165) is 105 Å². The maximum absolute atomic E-state index is 6.34. The summed E-state index contributed by atoms with van der Waals surface area (Å²) in [5.41, 5.74) is 11.9. The second-order valence-corrected chi connectivity index (χ2v) is 13.3. The van der Waals surface area contributed by atoms with Crippen LogP contribution in [-0.2, 0) is 0 Å². The van der Waals surface area contributed by atoms with Gasteiger partial charge in [0.1, 0.15) is 11.2 Å². The van der Waals surface area contributed by atoms with Crippen molar-refractivity contribution in [3.8, 4) is 45.0 Å². The maximum Gasteiger partial charge on any atom is 0.161 e. The Morgan fingerprint density at radius 1 is 0.385 bits per heavy atom. The average molecular weight is 665 g/mol. The van der Waals surface area contributed by atoms with E-state index in [1.165, 1.54) is 0 Å². The van der Waals surface area contributed by atoms with E-state index in [1.807, 2.05) is 40.9 Å². The molecule has 0 fully saturated rings. The molecule has 0 saturated heterocycles. The van der Waals surface area contributed by atoms with Gasteiger partial charge in [0, 0.05) is 43.6 Å². The van der Waals surface area contributed by atoms with Gasteiger partial charge in [-0.05, 0) is 59.0 Å². The van der Waals surface area contributed by atoms with Gasteiger partial charge in [-0.2, -0.15) is 5.10 Å². The Morgan fingerprint density at radius 3 is 1.90 bits per heavy atom. The van der Waals surface area contributed by atoms with Gasteiger partial charge in [0.25, 0.3) is 0 Å². The summed E-state index contributed by atoms with van der Waals surface area (Å²) in [5, 5.41) is 11.7. The Bertz CT molecular complexity index is 3180. The molecule has 0 aliphatic carbocycles. The van der Waals surface area contributed by atoms with Gasteiger partial charge in [-0.15, -0.1) is 0 Å². The van der Waals surface area contributed by atoms with Crippen LogP contribution in [0.3, 0.4) is 0 Å². The lowest BCUT2D eigenvalue weighted by molar-refractivity contribution is 0.669. The number of para-hydroxylation sites is 3. The van der Waals surface area contributed by atoms with Crippen molar-refractivity contribution >= 4 is 60.0 Å². The second-order valence-electron chi connectivity index (χ2n) is 13.3. The fraction of sp³-hybridized carbons (Fsp3) is 0. The molecule has 0 amide bonds. The number of hydrogen-bond acceptors (Lipinski definition) is 4. The van der Waals surface area contributed by atoms with Gasteiger partial charge in [-0.3, -0.25) is 0 Å². The third-order valence-electron chi connectivity index (χ3n) is 10.2. The van der Waals surface area contributed by atoms with E-state index in [2.05, 4.69) is 133 Å². The van der Waals surface area contributed by atoms with E-state index >= 15 is 0 Å². The second kappa shape index (κ2) is 11.2. The number of furan rings is 1. The summed E-state index contributed by atoms with van der Waals surface area (Å²) >= 11 is 0. The Kier molecular flexibility index (Phi) is 6.18. The first-order chi connectivity index (χ1) is 25.7. The van der Waals surface area contributed by atoms with E-state index in [1.54, 1.807) is 0 Å². The van der Waals surface area contributed by atoms with Crippen molar-refractivity contribution in [3.63, 3.8) is 0 Å². The zero-order chi connectivity index (χ0) is 34.2. The molecule has 0 bridgehead atoms. The van der Waals surface area contributed by atoms with Crippen LogP contribution in [0.15, 0.2) is 174 Å². The molecule has 11 rings (SSSR count). The van der Waals surface area contributed by atoms with Crippen LogP contribution in [0, 0.1) is 0 Å². The predicted octanol–water partition coefficient (Wildman–Crippen LogP) is 12.2. The van der Waals surface area contributed by atoms with Crippen molar-refractivity contribution in [3.05, 3.63) is 170 Å². The van der Waals surface area contributed by atoms with E-state index in [0.29, 0.717) is 0 Å². The number of fused-ring (bicyclic) bond motifs is 9. The molecule has 52 heavy (non-hydrogen) atoms. The van der Waals surface area contributed by atoms with E-state index in [-0.39, 0.29) is 0 Å². The molecule has 5 heteroatoms. The summed E-state index contributed by atoms with van der Waals surface area (Å²) in [6.07, 6.45) is 0. The smallest absolute Gasteiger partial charge is 0.161 e. The molecular weight excluding hydrogens is 637 g/mol.